The molecule has 0 aliphatic heterocycles. The molecule has 0 spiro atoms. The molecule has 3 rings (SSSR count). The zero-order chi connectivity index (χ0) is 18.2. The van der Waals surface area contributed by atoms with Crippen molar-refractivity contribution in [2.45, 2.75) is 0 Å². The maximum absolute atomic E-state index is 11.9. The quantitative estimate of drug-likeness (QED) is 0.733. The number of hydrogen-bond acceptors (Lipinski definition) is 4. The third kappa shape index (κ3) is 4.91. The summed E-state index contributed by atoms with van der Waals surface area (Å²) in [6, 6.07) is 20.1. The number of carbonyl (C=O) groups excluding carboxylic acids is 2. The van der Waals surface area contributed by atoms with Crippen LogP contribution in [0, 0.1) is 0 Å². The summed E-state index contributed by atoms with van der Waals surface area (Å²) in [5.74, 6) is -0.412. The molecule has 2 N–H and O–H groups in total. The van der Waals surface area contributed by atoms with Crippen molar-refractivity contribution in [1.82, 2.24) is 4.98 Å². The number of anilines is 2. The van der Waals surface area contributed by atoms with E-state index in [4.69, 9.17) is 4.74 Å². The largest absolute Gasteiger partial charge is 0.439 e. The van der Waals surface area contributed by atoms with E-state index in [0.29, 0.717) is 11.4 Å². The highest BCUT2D eigenvalue weighted by atomic mass is 16.6. The molecule has 1 aromatic heterocycles. The molecule has 0 radical (unpaired) electrons. The Morgan fingerprint density at radius 1 is 0.769 bits per heavy atom. The first-order valence-electron chi connectivity index (χ1n) is 8.00. The van der Waals surface area contributed by atoms with Crippen LogP contribution in [0.4, 0.5) is 16.2 Å². The molecule has 0 saturated carbocycles. The number of amides is 2. The lowest BCUT2D eigenvalue weighted by molar-refractivity contribution is -0.118. The average Bonchev–Trinajstić information content (AvgIpc) is 2.68. The maximum atomic E-state index is 11.9. The summed E-state index contributed by atoms with van der Waals surface area (Å²) >= 11 is 0. The number of nitrogens with zero attached hydrogens (tertiary/aromatic N) is 1. The number of para-hydroxylation sites is 1. The van der Waals surface area contributed by atoms with Crippen LogP contribution in [0.5, 0.6) is 0 Å². The summed E-state index contributed by atoms with van der Waals surface area (Å²) in [5, 5.41) is 5.22. The van der Waals surface area contributed by atoms with E-state index in [9.17, 15) is 9.59 Å². The van der Waals surface area contributed by atoms with Crippen molar-refractivity contribution in [1.29, 1.82) is 0 Å². The molecule has 0 saturated heterocycles. The second-order valence-electron chi connectivity index (χ2n) is 5.43. The van der Waals surface area contributed by atoms with E-state index in [0.717, 1.165) is 11.1 Å². The number of pyridine rings is 1. The van der Waals surface area contributed by atoms with Gasteiger partial charge in [0.05, 0.1) is 0 Å². The van der Waals surface area contributed by atoms with Crippen molar-refractivity contribution in [3.63, 3.8) is 0 Å². The third-order valence-corrected chi connectivity index (χ3v) is 3.54. The van der Waals surface area contributed by atoms with Crippen LogP contribution in [-0.2, 0) is 9.53 Å². The van der Waals surface area contributed by atoms with Crippen molar-refractivity contribution in [3.05, 3.63) is 79.1 Å². The molecule has 0 unspecified atom stereocenters. The third-order valence-electron chi connectivity index (χ3n) is 3.54. The summed E-state index contributed by atoms with van der Waals surface area (Å²) in [7, 11) is 0. The lowest BCUT2D eigenvalue weighted by Gasteiger charge is -2.08. The topological polar surface area (TPSA) is 80.3 Å². The molecule has 0 aliphatic rings. The summed E-state index contributed by atoms with van der Waals surface area (Å²) in [4.78, 5) is 27.5. The van der Waals surface area contributed by atoms with Crippen molar-refractivity contribution in [3.8, 4) is 11.1 Å². The summed E-state index contributed by atoms with van der Waals surface area (Å²) in [6.07, 6.45) is 2.77. The smallest absolute Gasteiger partial charge is 0.412 e. The molecular formula is C20H17N3O3. The SMILES string of the molecule is O=C(COC(=O)Nc1ccccc1)Nc1ccc(-c2ccncc2)cc1. The number of aromatic nitrogens is 1. The Morgan fingerprint density at radius 3 is 2.08 bits per heavy atom. The van der Waals surface area contributed by atoms with E-state index in [1.807, 2.05) is 30.3 Å². The number of hydrogen-bond donors (Lipinski definition) is 2. The van der Waals surface area contributed by atoms with Gasteiger partial charge in [0.2, 0.25) is 0 Å². The van der Waals surface area contributed by atoms with Crippen molar-refractivity contribution in [2.75, 3.05) is 17.2 Å². The Morgan fingerprint density at radius 2 is 1.38 bits per heavy atom. The Kier molecular flexibility index (Phi) is 5.57. The van der Waals surface area contributed by atoms with E-state index in [1.54, 1.807) is 48.8 Å². The minimum atomic E-state index is -0.681. The van der Waals surface area contributed by atoms with Crippen LogP contribution in [0.15, 0.2) is 79.1 Å². The lowest BCUT2D eigenvalue weighted by Crippen LogP contribution is -2.23. The Labute approximate surface area is 150 Å². The van der Waals surface area contributed by atoms with Gasteiger partial charge in [-0.2, -0.15) is 0 Å². The molecule has 26 heavy (non-hydrogen) atoms. The molecule has 1 heterocycles. The van der Waals surface area contributed by atoms with Crippen LogP contribution in [0.3, 0.4) is 0 Å². The van der Waals surface area contributed by atoms with E-state index < -0.39 is 12.0 Å². The molecule has 3 aromatic rings. The minimum Gasteiger partial charge on any atom is -0.439 e. The van der Waals surface area contributed by atoms with Gasteiger partial charge in [-0.05, 0) is 47.5 Å². The molecule has 2 aromatic carbocycles. The van der Waals surface area contributed by atoms with Gasteiger partial charge in [-0.25, -0.2) is 4.79 Å². The first-order valence-corrected chi connectivity index (χ1v) is 8.00. The molecule has 0 atom stereocenters. The lowest BCUT2D eigenvalue weighted by atomic mass is 10.1. The summed E-state index contributed by atoms with van der Waals surface area (Å²) in [6.45, 7) is -0.370. The van der Waals surface area contributed by atoms with Gasteiger partial charge in [0.1, 0.15) is 0 Å². The molecule has 130 valence electrons. The van der Waals surface area contributed by atoms with Gasteiger partial charge >= 0.3 is 6.09 Å². The van der Waals surface area contributed by atoms with Crippen LogP contribution < -0.4 is 10.6 Å². The van der Waals surface area contributed by atoms with Crippen molar-refractivity contribution in [2.24, 2.45) is 0 Å². The normalized spacial score (nSPS) is 10.0. The fourth-order valence-electron chi connectivity index (χ4n) is 2.29. The van der Waals surface area contributed by atoms with E-state index in [-0.39, 0.29) is 6.61 Å². The zero-order valence-corrected chi connectivity index (χ0v) is 13.9. The summed E-state index contributed by atoms with van der Waals surface area (Å²) in [5.41, 5.74) is 3.28. The zero-order valence-electron chi connectivity index (χ0n) is 13.9. The van der Waals surface area contributed by atoms with E-state index >= 15 is 0 Å². The number of benzene rings is 2. The highest BCUT2D eigenvalue weighted by Crippen LogP contribution is 2.20. The molecule has 6 nitrogen and oxygen atoms in total. The Balaban J connectivity index is 1.48. The van der Waals surface area contributed by atoms with Crippen molar-refractivity contribution < 1.29 is 14.3 Å². The molecule has 2 amide bonds. The standard InChI is InChI=1S/C20H17N3O3/c24-19(14-26-20(25)23-17-4-2-1-3-5-17)22-18-8-6-15(7-9-18)16-10-12-21-13-11-16/h1-13H,14H2,(H,22,24)(H,23,25). The van der Waals surface area contributed by atoms with Crippen LogP contribution in [-0.4, -0.2) is 23.6 Å². The minimum absolute atomic E-state index is 0.370. The van der Waals surface area contributed by atoms with Crippen LogP contribution >= 0.6 is 0 Å². The van der Waals surface area contributed by atoms with Gasteiger partial charge in [0.25, 0.3) is 5.91 Å². The van der Waals surface area contributed by atoms with Gasteiger partial charge in [0, 0.05) is 23.8 Å². The van der Waals surface area contributed by atoms with E-state index in [2.05, 4.69) is 15.6 Å². The van der Waals surface area contributed by atoms with E-state index in [1.165, 1.54) is 0 Å². The number of rotatable bonds is 5. The molecular weight excluding hydrogens is 330 g/mol. The second kappa shape index (κ2) is 8.43. The predicted octanol–water partition coefficient (Wildman–Crippen LogP) is 3.94. The summed E-state index contributed by atoms with van der Waals surface area (Å²) < 4.78 is 4.90. The van der Waals surface area contributed by atoms with Gasteiger partial charge in [0.15, 0.2) is 6.61 Å². The van der Waals surface area contributed by atoms with Crippen LogP contribution in [0.2, 0.25) is 0 Å². The fraction of sp³-hybridized carbons (Fsp3) is 0.0500. The first-order chi connectivity index (χ1) is 12.7. The number of ether oxygens (including phenoxy) is 1. The average molecular weight is 347 g/mol. The van der Waals surface area contributed by atoms with Gasteiger partial charge in [-0.15, -0.1) is 0 Å². The van der Waals surface area contributed by atoms with Gasteiger partial charge in [-0.1, -0.05) is 30.3 Å². The second-order valence-corrected chi connectivity index (χ2v) is 5.43. The molecule has 0 aliphatic carbocycles. The first kappa shape index (κ1) is 17.2. The maximum Gasteiger partial charge on any atom is 0.412 e. The van der Waals surface area contributed by atoms with Gasteiger partial charge < -0.3 is 10.1 Å². The monoisotopic (exact) mass is 347 g/mol. The molecule has 6 heteroatoms. The highest BCUT2D eigenvalue weighted by Gasteiger charge is 2.08. The van der Waals surface area contributed by atoms with Crippen LogP contribution in [0.1, 0.15) is 0 Å². The Hall–Kier alpha value is -3.67. The number of carbonyl (C=O) groups is 2. The van der Waals surface area contributed by atoms with Crippen molar-refractivity contribution >= 4 is 23.4 Å². The molecule has 0 bridgehead atoms. The fourth-order valence-corrected chi connectivity index (χ4v) is 2.29. The Bertz CT molecular complexity index is 866. The number of nitrogens with one attached hydrogen (secondary N) is 2. The highest BCUT2D eigenvalue weighted by molar-refractivity contribution is 5.94. The predicted molar refractivity (Wildman–Crippen MR) is 99.7 cm³/mol. The molecule has 0 fully saturated rings. The van der Waals surface area contributed by atoms with Gasteiger partial charge in [-0.3, -0.25) is 15.1 Å². The van der Waals surface area contributed by atoms with Crippen LogP contribution in [0.25, 0.3) is 11.1 Å².